The van der Waals surface area contributed by atoms with Crippen molar-refractivity contribution in [3.63, 3.8) is 0 Å². The Morgan fingerprint density at radius 1 is 1.25 bits per heavy atom. The Morgan fingerprint density at radius 2 is 1.90 bits per heavy atom. The van der Waals surface area contributed by atoms with Gasteiger partial charge in [-0.3, -0.25) is 0 Å². The smallest absolute Gasteiger partial charge is 0.212 e. The minimum Gasteiger partial charge on any atom is -0.212 e. The Hall–Kier alpha value is -0.580. The molecule has 1 aromatic carbocycles. The highest BCUT2D eigenvalue weighted by Crippen LogP contribution is 2.26. The second-order valence-electron chi connectivity index (χ2n) is 5.65. The van der Waals surface area contributed by atoms with E-state index in [1.807, 2.05) is 25.1 Å². The highest BCUT2D eigenvalue weighted by Gasteiger charge is 2.23. The van der Waals surface area contributed by atoms with E-state index >= 15 is 0 Å². The summed E-state index contributed by atoms with van der Waals surface area (Å²) in [5.74, 6) is 0.543. The van der Waals surface area contributed by atoms with Crippen molar-refractivity contribution >= 4 is 21.6 Å². The van der Waals surface area contributed by atoms with Gasteiger partial charge in [0.15, 0.2) is 0 Å². The van der Waals surface area contributed by atoms with E-state index in [2.05, 4.69) is 4.72 Å². The predicted octanol–water partition coefficient (Wildman–Crippen LogP) is 3.90. The van der Waals surface area contributed by atoms with Gasteiger partial charge in [0, 0.05) is 11.1 Å². The van der Waals surface area contributed by atoms with Gasteiger partial charge < -0.3 is 0 Å². The van der Waals surface area contributed by atoms with Gasteiger partial charge >= 0.3 is 0 Å². The van der Waals surface area contributed by atoms with Crippen LogP contribution in [0.15, 0.2) is 24.3 Å². The molecule has 1 aliphatic carbocycles. The second-order valence-corrected chi connectivity index (χ2v) is 7.85. The van der Waals surface area contributed by atoms with Crippen molar-refractivity contribution in [1.82, 2.24) is 4.72 Å². The van der Waals surface area contributed by atoms with Crippen LogP contribution in [0.2, 0.25) is 5.02 Å². The van der Waals surface area contributed by atoms with E-state index in [1.165, 1.54) is 6.42 Å². The van der Waals surface area contributed by atoms with Crippen molar-refractivity contribution in [1.29, 1.82) is 0 Å². The molecule has 1 saturated carbocycles. The molecular formula is C15H22ClNO2S. The Labute approximate surface area is 126 Å². The van der Waals surface area contributed by atoms with Crippen LogP contribution in [0.3, 0.4) is 0 Å². The van der Waals surface area contributed by atoms with Crippen LogP contribution in [0, 0.1) is 5.92 Å². The fraction of sp³-hybridized carbons (Fsp3) is 0.600. The quantitative estimate of drug-likeness (QED) is 0.895. The van der Waals surface area contributed by atoms with Crippen molar-refractivity contribution in [3.8, 4) is 0 Å². The number of sulfonamides is 1. The molecule has 0 amide bonds. The highest BCUT2D eigenvalue weighted by atomic mass is 35.5. The molecule has 0 unspecified atom stereocenters. The summed E-state index contributed by atoms with van der Waals surface area (Å²) in [6.45, 7) is 1.83. The van der Waals surface area contributed by atoms with Gasteiger partial charge in [0.05, 0.1) is 5.75 Å². The van der Waals surface area contributed by atoms with Gasteiger partial charge in [-0.05, 0) is 37.3 Å². The predicted molar refractivity (Wildman–Crippen MR) is 83.4 cm³/mol. The molecule has 0 spiro atoms. The van der Waals surface area contributed by atoms with Crippen molar-refractivity contribution in [3.05, 3.63) is 34.9 Å². The molecule has 0 bridgehead atoms. The van der Waals surface area contributed by atoms with Crippen molar-refractivity contribution < 1.29 is 8.42 Å². The van der Waals surface area contributed by atoms with Gasteiger partial charge in [0.2, 0.25) is 10.0 Å². The molecule has 1 N–H and O–H groups in total. The maximum absolute atomic E-state index is 12.2. The lowest BCUT2D eigenvalue weighted by atomic mass is 9.91. The third kappa shape index (κ3) is 4.47. The van der Waals surface area contributed by atoms with Crippen molar-refractivity contribution in [2.24, 2.45) is 5.92 Å². The third-order valence-corrected chi connectivity index (χ3v) is 5.88. The van der Waals surface area contributed by atoms with Crippen LogP contribution >= 0.6 is 11.6 Å². The number of hydrogen-bond acceptors (Lipinski definition) is 2. The summed E-state index contributed by atoms with van der Waals surface area (Å²) in [5, 5.41) is 0.598. The van der Waals surface area contributed by atoms with E-state index in [0.29, 0.717) is 10.9 Å². The monoisotopic (exact) mass is 315 g/mol. The zero-order valence-electron chi connectivity index (χ0n) is 11.8. The molecule has 112 valence electrons. The van der Waals surface area contributed by atoms with Crippen LogP contribution in [0.4, 0.5) is 0 Å². The molecule has 0 aromatic heterocycles. The second kappa shape index (κ2) is 6.92. The molecule has 1 aliphatic rings. The molecule has 5 heteroatoms. The lowest BCUT2D eigenvalue weighted by Gasteiger charge is -2.23. The molecule has 2 rings (SSSR count). The molecule has 1 atom stereocenters. The Kier molecular flexibility index (Phi) is 5.47. The molecule has 0 saturated heterocycles. The Bertz CT molecular complexity index is 539. The van der Waals surface area contributed by atoms with Crippen LogP contribution in [0.5, 0.6) is 0 Å². The molecular weight excluding hydrogens is 294 g/mol. The lowest BCUT2D eigenvalue weighted by Crippen LogP contribution is -2.32. The van der Waals surface area contributed by atoms with Crippen molar-refractivity contribution in [2.45, 2.75) is 45.1 Å². The number of benzene rings is 1. The van der Waals surface area contributed by atoms with E-state index < -0.39 is 10.0 Å². The standard InChI is InChI=1S/C15H22ClNO2S/c1-12(14-9-5-6-10-15(14)16)17-20(18,19)11-13-7-3-2-4-8-13/h5-6,9-10,12-13,17H,2-4,7-8,11H2,1H3/t12-/m0/s1. The maximum atomic E-state index is 12.2. The highest BCUT2D eigenvalue weighted by molar-refractivity contribution is 7.89. The first-order chi connectivity index (χ1) is 9.48. The molecule has 20 heavy (non-hydrogen) atoms. The average molecular weight is 316 g/mol. The largest absolute Gasteiger partial charge is 0.212 e. The molecule has 1 fully saturated rings. The van der Waals surface area contributed by atoms with E-state index in [4.69, 9.17) is 11.6 Å². The third-order valence-electron chi connectivity index (χ3n) is 3.91. The summed E-state index contributed by atoms with van der Waals surface area (Å²) < 4.78 is 27.2. The van der Waals surface area contributed by atoms with Gasteiger partial charge in [-0.15, -0.1) is 0 Å². The van der Waals surface area contributed by atoms with Gasteiger partial charge in [-0.1, -0.05) is 49.1 Å². The summed E-state index contributed by atoms with van der Waals surface area (Å²) in [6.07, 6.45) is 5.60. The lowest BCUT2D eigenvalue weighted by molar-refractivity contribution is 0.383. The van der Waals surface area contributed by atoms with Crippen LogP contribution in [0.25, 0.3) is 0 Å². The normalized spacial score (nSPS) is 18.9. The molecule has 3 nitrogen and oxygen atoms in total. The zero-order valence-corrected chi connectivity index (χ0v) is 13.4. The first kappa shape index (κ1) is 15.8. The summed E-state index contributed by atoms with van der Waals surface area (Å²) in [6, 6.07) is 7.05. The van der Waals surface area contributed by atoms with Gasteiger partial charge in [-0.2, -0.15) is 0 Å². The Morgan fingerprint density at radius 3 is 2.55 bits per heavy atom. The number of halogens is 1. The van der Waals surface area contributed by atoms with Crippen LogP contribution in [-0.4, -0.2) is 14.2 Å². The molecule has 0 radical (unpaired) electrons. The first-order valence-corrected chi connectivity index (χ1v) is 9.25. The Balaban J connectivity index is 1.98. The molecule has 1 aromatic rings. The van der Waals surface area contributed by atoms with Crippen molar-refractivity contribution in [2.75, 3.05) is 5.75 Å². The van der Waals surface area contributed by atoms with E-state index in [1.54, 1.807) is 6.07 Å². The van der Waals surface area contributed by atoms with Gasteiger partial charge in [0.1, 0.15) is 0 Å². The maximum Gasteiger partial charge on any atom is 0.212 e. The fourth-order valence-electron chi connectivity index (χ4n) is 2.87. The summed E-state index contributed by atoms with van der Waals surface area (Å²) in [7, 11) is -3.25. The number of hydrogen-bond donors (Lipinski definition) is 1. The van der Waals surface area contributed by atoms with Gasteiger partial charge in [-0.25, -0.2) is 13.1 Å². The van der Waals surface area contributed by atoms with E-state index in [9.17, 15) is 8.42 Å². The minimum absolute atomic E-state index is 0.238. The van der Waals surface area contributed by atoms with E-state index in [0.717, 1.165) is 31.2 Å². The summed E-state index contributed by atoms with van der Waals surface area (Å²) in [4.78, 5) is 0. The molecule has 0 heterocycles. The first-order valence-electron chi connectivity index (χ1n) is 7.22. The average Bonchev–Trinajstić information content (AvgIpc) is 2.39. The van der Waals surface area contributed by atoms with E-state index in [-0.39, 0.29) is 11.8 Å². The SMILES string of the molecule is C[C@H](NS(=O)(=O)CC1CCCCC1)c1ccccc1Cl. The van der Waals surface area contributed by atoms with Gasteiger partial charge in [0.25, 0.3) is 0 Å². The minimum atomic E-state index is -3.25. The summed E-state index contributed by atoms with van der Waals surface area (Å²) in [5.41, 5.74) is 0.821. The topological polar surface area (TPSA) is 46.2 Å². The number of rotatable bonds is 5. The van der Waals surface area contributed by atoms with Crippen LogP contribution < -0.4 is 4.72 Å². The fourth-order valence-corrected chi connectivity index (χ4v) is 4.89. The zero-order chi connectivity index (χ0) is 14.6. The summed E-state index contributed by atoms with van der Waals surface area (Å²) >= 11 is 6.11. The number of nitrogens with one attached hydrogen (secondary N) is 1. The van der Waals surface area contributed by atoms with Crippen LogP contribution in [-0.2, 0) is 10.0 Å². The van der Waals surface area contributed by atoms with Crippen LogP contribution in [0.1, 0.15) is 50.6 Å². The molecule has 0 aliphatic heterocycles.